The van der Waals surface area contributed by atoms with E-state index in [-0.39, 0.29) is 6.54 Å². The van der Waals surface area contributed by atoms with Gasteiger partial charge >= 0.3 is 0 Å². The fraction of sp³-hybridized carbons (Fsp3) is 0.200. The zero-order chi connectivity index (χ0) is 7.23. The van der Waals surface area contributed by atoms with Gasteiger partial charge in [0.15, 0.2) is 0 Å². The van der Waals surface area contributed by atoms with Gasteiger partial charge in [-0.05, 0) is 17.7 Å². The van der Waals surface area contributed by atoms with E-state index in [9.17, 15) is 0 Å². The van der Waals surface area contributed by atoms with E-state index in [4.69, 9.17) is 5.53 Å². The molecule has 0 aliphatic heterocycles. The Hall–Kier alpha value is -1.61. The largest absolute Gasteiger partial charge is 0.159 e. The summed E-state index contributed by atoms with van der Waals surface area (Å²) in [5.74, 6) is 0. The van der Waals surface area contributed by atoms with Crippen LogP contribution in [0.5, 0.6) is 0 Å². The Morgan fingerprint density at radius 2 is 2.60 bits per heavy atom. The second-order valence-corrected chi connectivity index (χ2v) is 1.60. The second-order valence-electron chi connectivity index (χ2n) is 1.60. The molecule has 1 rings (SSSR count). The van der Waals surface area contributed by atoms with E-state index in [2.05, 4.69) is 20.2 Å². The van der Waals surface area contributed by atoms with Gasteiger partial charge in [-0.25, -0.2) is 0 Å². The molecule has 0 fully saturated rings. The molecule has 0 aliphatic carbocycles. The van der Waals surface area contributed by atoms with Gasteiger partial charge < -0.3 is 0 Å². The standard InChI is InChI=1S/C5H5N5/c6-10-8-4-5-2-1-3-7-9-5/h1-3H,4H2. The SMILES string of the molecule is [N-]=[N+]=NCc1cccnn1. The number of hydrogen-bond donors (Lipinski definition) is 0. The van der Waals surface area contributed by atoms with Crippen molar-refractivity contribution >= 4 is 0 Å². The molecule has 0 saturated heterocycles. The van der Waals surface area contributed by atoms with Gasteiger partial charge in [-0.3, -0.25) is 0 Å². The molecular formula is C5H5N5. The number of azide groups is 1. The molecule has 50 valence electrons. The van der Waals surface area contributed by atoms with Crippen LogP contribution in [0.2, 0.25) is 0 Å². The molecule has 0 bridgehead atoms. The number of hydrogen-bond acceptors (Lipinski definition) is 3. The topological polar surface area (TPSA) is 74.5 Å². The quantitative estimate of drug-likeness (QED) is 0.348. The summed E-state index contributed by atoms with van der Waals surface area (Å²) in [7, 11) is 0. The van der Waals surface area contributed by atoms with Gasteiger partial charge in [0.25, 0.3) is 0 Å². The lowest BCUT2D eigenvalue weighted by Crippen LogP contribution is -1.87. The van der Waals surface area contributed by atoms with Crippen LogP contribution in [-0.2, 0) is 6.54 Å². The average Bonchev–Trinajstić information content (AvgIpc) is 2.03. The second kappa shape index (κ2) is 3.42. The molecule has 0 aliphatic rings. The first-order chi connectivity index (χ1) is 4.93. The summed E-state index contributed by atoms with van der Waals surface area (Å²) >= 11 is 0. The number of nitrogens with zero attached hydrogens (tertiary/aromatic N) is 5. The first-order valence-electron chi connectivity index (χ1n) is 2.71. The van der Waals surface area contributed by atoms with Crippen LogP contribution in [0, 0.1) is 0 Å². The van der Waals surface area contributed by atoms with E-state index in [1.807, 2.05) is 0 Å². The zero-order valence-electron chi connectivity index (χ0n) is 5.18. The highest BCUT2D eigenvalue weighted by Crippen LogP contribution is 1.92. The maximum absolute atomic E-state index is 7.94. The van der Waals surface area contributed by atoms with Crippen molar-refractivity contribution < 1.29 is 0 Å². The first-order valence-corrected chi connectivity index (χ1v) is 2.71. The third-order valence-corrected chi connectivity index (χ3v) is 0.923. The molecule has 1 heterocycles. The van der Waals surface area contributed by atoms with Crippen LogP contribution < -0.4 is 0 Å². The van der Waals surface area contributed by atoms with Gasteiger partial charge in [-0.15, -0.1) is 0 Å². The van der Waals surface area contributed by atoms with E-state index in [0.29, 0.717) is 5.69 Å². The normalized spacial score (nSPS) is 8.40. The highest BCUT2D eigenvalue weighted by molar-refractivity contribution is 4.98. The number of aromatic nitrogens is 2. The molecule has 5 nitrogen and oxygen atoms in total. The van der Waals surface area contributed by atoms with E-state index in [1.165, 1.54) is 0 Å². The van der Waals surface area contributed by atoms with Crippen LogP contribution >= 0.6 is 0 Å². The van der Waals surface area contributed by atoms with Crippen LogP contribution in [0.3, 0.4) is 0 Å². The Balaban J connectivity index is 2.67. The molecule has 0 radical (unpaired) electrons. The summed E-state index contributed by atoms with van der Waals surface area (Å²) in [4.78, 5) is 2.59. The third-order valence-electron chi connectivity index (χ3n) is 0.923. The smallest absolute Gasteiger partial charge is 0.0702 e. The highest BCUT2D eigenvalue weighted by Gasteiger charge is 1.87. The third kappa shape index (κ3) is 1.72. The van der Waals surface area contributed by atoms with Crippen molar-refractivity contribution in [3.63, 3.8) is 0 Å². The lowest BCUT2D eigenvalue weighted by molar-refractivity contribution is 0.892. The molecule has 1 aromatic heterocycles. The lowest BCUT2D eigenvalue weighted by Gasteiger charge is -1.87. The van der Waals surface area contributed by atoms with Crippen molar-refractivity contribution in [2.45, 2.75) is 6.54 Å². The van der Waals surface area contributed by atoms with Crippen molar-refractivity contribution in [2.24, 2.45) is 5.11 Å². The first kappa shape index (κ1) is 6.51. The molecule has 0 saturated carbocycles. The minimum atomic E-state index is 0.268. The van der Waals surface area contributed by atoms with Gasteiger partial charge in [0, 0.05) is 11.1 Å². The monoisotopic (exact) mass is 135 g/mol. The van der Waals surface area contributed by atoms with Crippen molar-refractivity contribution in [3.05, 3.63) is 34.5 Å². The van der Waals surface area contributed by atoms with E-state index < -0.39 is 0 Å². The number of rotatable bonds is 2. The maximum atomic E-state index is 7.94. The van der Waals surface area contributed by atoms with Crippen molar-refractivity contribution in [3.8, 4) is 0 Å². The van der Waals surface area contributed by atoms with Crippen LogP contribution in [0.4, 0.5) is 0 Å². The van der Waals surface area contributed by atoms with Crippen LogP contribution in [0.1, 0.15) is 5.69 Å². The van der Waals surface area contributed by atoms with Crippen molar-refractivity contribution in [1.82, 2.24) is 10.2 Å². The Morgan fingerprint density at radius 3 is 3.20 bits per heavy atom. The van der Waals surface area contributed by atoms with E-state index in [0.717, 1.165) is 0 Å². The molecule has 10 heavy (non-hydrogen) atoms. The minimum absolute atomic E-state index is 0.268. The molecule has 0 N–H and O–H groups in total. The summed E-state index contributed by atoms with van der Waals surface area (Å²) in [6.45, 7) is 0.268. The fourth-order valence-corrected chi connectivity index (χ4v) is 0.522. The van der Waals surface area contributed by atoms with Crippen molar-refractivity contribution in [1.29, 1.82) is 0 Å². The molecule has 0 unspecified atom stereocenters. The summed E-state index contributed by atoms with van der Waals surface area (Å²) in [5, 5.41) is 10.6. The average molecular weight is 135 g/mol. The summed E-state index contributed by atoms with van der Waals surface area (Å²) in [6.07, 6.45) is 1.57. The van der Waals surface area contributed by atoms with Gasteiger partial charge in [-0.2, -0.15) is 10.2 Å². The minimum Gasteiger partial charge on any atom is -0.159 e. The van der Waals surface area contributed by atoms with Crippen LogP contribution in [-0.4, -0.2) is 10.2 Å². The van der Waals surface area contributed by atoms with Crippen LogP contribution in [0.25, 0.3) is 10.4 Å². The summed E-state index contributed by atoms with van der Waals surface area (Å²) in [5.41, 5.74) is 8.62. The van der Waals surface area contributed by atoms with E-state index in [1.54, 1.807) is 18.3 Å². The Bertz CT molecular complexity index is 237. The Labute approximate surface area is 57.3 Å². The molecule has 0 spiro atoms. The zero-order valence-corrected chi connectivity index (χ0v) is 5.18. The van der Waals surface area contributed by atoms with Gasteiger partial charge in [-0.1, -0.05) is 5.11 Å². The maximum Gasteiger partial charge on any atom is 0.0702 e. The lowest BCUT2D eigenvalue weighted by atomic mass is 10.4. The van der Waals surface area contributed by atoms with Crippen molar-refractivity contribution in [2.75, 3.05) is 0 Å². The molecular weight excluding hydrogens is 130 g/mol. The summed E-state index contributed by atoms with van der Waals surface area (Å²) in [6, 6.07) is 3.50. The Morgan fingerprint density at radius 1 is 1.70 bits per heavy atom. The van der Waals surface area contributed by atoms with Crippen LogP contribution in [0.15, 0.2) is 23.4 Å². The highest BCUT2D eigenvalue weighted by atomic mass is 15.2. The molecule has 0 aromatic carbocycles. The fourth-order valence-electron chi connectivity index (χ4n) is 0.522. The van der Waals surface area contributed by atoms with E-state index >= 15 is 0 Å². The van der Waals surface area contributed by atoms with Gasteiger partial charge in [0.05, 0.1) is 12.2 Å². The molecule has 0 amide bonds. The van der Waals surface area contributed by atoms with Gasteiger partial charge in [0.1, 0.15) is 0 Å². The summed E-state index contributed by atoms with van der Waals surface area (Å²) < 4.78 is 0. The predicted octanol–water partition coefficient (Wildman–Crippen LogP) is 1.29. The predicted molar refractivity (Wildman–Crippen MR) is 34.9 cm³/mol. The van der Waals surface area contributed by atoms with Gasteiger partial charge in [0.2, 0.25) is 0 Å². The molecule has 1 aromatic rings. The molecule has 5 heteroatoms. The molecule has 0 atom stereocenters. The Kier molecular flexibility index (Phi) is 2.23.